The van der Waals surface area contributed by atoms with Crippen LogP contribution in [0.5, 0.6) is 5.88 Å². The van der Waals surface area contributed by atoms with Gasteiger partial charge in [0.1, 0.15) is 21.8 Å². The first kappa shape index (κ1) is 35.9. The number of carbonyl (C=O) groups is 1. The van der Waals surface area contributed by atoms with Crippen molar-refractivity contribution in [3.05, 3.63) is 69.8 Å². The molecule has 2 saturated carbocycles. The summed E-state index contributed by atoms with van der Waals surface area (Å²) in [4.78, 5) is 20.2. The molecule has 4 aliphatic rings. The van der Waals surface area contributed by atoms with Crippen LogP contribution in [0.2, 0.25) is 0 Å². The Bertz CT molecular complexity index is 2180. The van der Waals surface area contributed by atoms with Crippen molar-refractivity contribution in [1.29, 1.82) is 0 Å². The normalized spacial score (nSPS) is 20.5. The van der Waals surface area contributed by atoms with Gasteiger partial charge in [0.25, 0.3) is 0 Å². The lowest BCUT2D eigenvalue weighted by atomic mass is 9.69. The molecule has 0 radical (unpaired) electrons. The Balaban J connectivity index is 1.12. The number of pyridine rings is 1. The van der Waals surface area contributed by atoms with Crippen molar-refractivity contribution in [1.82, 2.24) is 29.2 Å². The van der Waals surface area contributed by atoms with Gasteiger partial charge in [-0.05, 0) is 132 Å². The van der Waals surface area contributed by atoms with E-state index in [4.69, 9.17) is 9.72 Å². The zero-order chi connectivity index (χ0) is 37.3. The summed E-state index contributed by atoms with van der Waals surface area (Å²) in [6.45, 7) is 13.5. The summed E-state index contributed by atoms with van der Waals surface area (Å²) in [6, 6.07) is 12.0. The predicted molar refractivity (Wildman–Crippen MR) is 203 cm³/mol. The van der Waals surface area contributed by atoms with Crippen LogP contribution in [0, 0.1) is 26.2 Å². The molecule has 1 atom stereocenters. The van der Waals surface area contributed by atoms with Crippen molar-refractivity contribution < 1.29 is 23.1 Å². The topological polar surface area (TPSA) is 143 Å². The van der Waals surface area contributed by atoms with Crippen LogP contribution in [0.25, 0.3) is 11.0 Å². The van der Waals surface area contributed by atoms with Gasteiger partial charge in [0.2, 0.25) is 15.9 Å². The van der Waals surface area contributed by atoms with Crippen LogP contribution in [0.15, 0.2) is 41.3 Å². The number of rotatable bonds is 11. The monoisotopic (exact) mass is 741 g/mol. The minimum atomic E-state index is -4.00. The molecule has 0 bridgehead atoms. The summed E-state index contributed by atoms with van der Waals surface area (Å²) < 4.78 is 39.1. The molecule has 282 valence electrons. The SMILES string of the molecule is Cc1ccc([C@@H](c2ccc3c(nnn3C3CC3)c2C)C(C)(C)C(=O)O)cc1CN1CC2(CC2)Oc2nc(NCCN3CCCCC3)c(C)cc2S1(=O)=O. The maximum Gasteiger partial charge on any atom is 0.310 e. The first-order valence-corrected chi connectivity index (χ1v) is 20.6. The van der Waals surface area contributed by atoms with Gasteiger partial charge in [0, 0.05) is 25.6 Å². The number of carboxylic acid groups (broad SMARTS) is 1. The van der Waals surface area contributed by atoms with Crippen LogP contribution in [-0.2, 0) is 21.4 Å². The van der Waals surface area contributed by atoms with Crippen molar-refractivity contribution in [2.45, 2.75) is 109 Å². The molecule has 2 N–H and O–H groups in total. The first-order chi connectivity index (χ1) is 25.3. The summed E-state index contributed by atoms with van der Waals surface area (Å²) in [7, 11) is -4.00. The molecule has 12 nitrogen and oxygen atoms in total. The van der Waals surface area contributed by atoms with Crippen LogP contribution in [-0.4, -0.2) is 87.0 Å². The van der Waals surface area contributed by atoms with E-state index in [1.165, 1.54) is 23.6 Å². The number of hydrogen-bond donors (Lipinski definition) is 2. The number of anilines is 1. The summed E-state index contributed by atoms with van der Waals surface area (Å²) in [5.41, 5.74) is 4.98. The standard InChI is InChI=1S/C40H51N7O5S/c1-25-9-10-28(34(39(4,5)38(48)49)31-13-14-32-35(27(31)3)43-44-47(32)30-11-12-30)22-29(25)23-46-24-40(15-16-40)52-37-33(53(46,50)51)21-26(2)36(42-37)41-17-20-45-18-7-6-8-19-45/h9-10,13-14,21-22,30,34H,6-8,11-12,15-20,23-24H2,1-5H3,(H,41,42)(H,48,49)/t34-/m0/s1. The highest BCUT2D eigenvalue weighted by Gasteiger charge is 2.53. The van der Waals surface area contributed by atoms with Crippen LogP contribution < -0.4 is 10.1 Å². The molecule has 1 spiro atoms. The van der Waals surface area contributed by atoms with Gasteiger partial charge in [-0.2, -0.15) is 9.29 Å². The molecule has 2 aromatic heterocycles. The number of likely N-dealkylation sites (tertiary alicyclic amines) is 1. The van der Waals surface area contributed by atoms with Crippen molar-refractivity contribution >= 4 is 32.8 Å². The molecule has 4 aromatic rings. The second kappa shape index (κ2) is 13.3. The molecule has 4 heterocycles. The predicted octanol–water partition coefficient (Wildman–Crippen LogP) is 6.34. The maximum atomic E-state index is 14.5. The van der Waals surface area contributed by atoms with Crippen LogP contribution in [0.4, 0.5) is 5.82 Å². The fourth-order valence-corrected chi connectivity index (χ4v) is 9.87. The van der Waals surface area contributed by atoms with Gasteiger partial charge >= 0.3 is 5.97 Å². The molecule has 8 rings (SSSR count). The number of fused-ring (bicyclic) bond motifs is 2. The number of carboxylic acids is 1. The van der Waals surface area contributed by atoms with Gasteiger partial charge in [-0.25, -0.2) is 13.1 Å². The van der Waals surface area contributed by atoms with Gasteiger partial charge in [-0.3, -0.25) is 4.79 Å². The first-order valence-electron chi connectivity index (χ1n) is 19.1. The number of hydrogen-bond acceptors (Lipinski definition) is 9. The van der Waals surface area contributed by atoms with Crippen LogP contribution >= 0.6 is 0 Å². The minimum absolute atomic E-state index is 0.0854. The molecule has 3 fully saturated rings. The molecule has 0 unspecified atom stereocenters. The number of benzene rings is 2. The number of piperidine rings is 1. The van der Waals surface area contributed by atoms with Crippen molar-refractivity contribution in [2.24, 2.45) is 5.41 Å². The van der Waals surface area contributed by atoms with Gasteiger partial charge < -0.3 is 20.1 Å². The minimum Gasteiger partial charge on any atom is -0.481 e. The second-order valence-electron chi connectivity index (χ2n) is 16.4. The van der Waals surface area contributed by atoms with E-state index in [-0.39, 0.29) is 23.9 Å². The number of aryl methyl sites for hydroxylation is 3. The highest BCUT2D eigenvalue weighted by atomic mass is 32.2. The third kappa shape index (κ3) is 6.69. The summed E-state index contributed by atoms with van der Waals surface area (Å²) >= 11 is 0. The zero-order valence-electron chi connectivity index (χ0n) is 31.5. The number of aliphatic carboxylic acids is 1. The quantitative estimate of drug-likeness (QED) is 0.179. The molecule has 0 amide bonds. The van der Waals surface area contributed by atoms with Crippen LogP contribution in [0.3, 0.4) is 0 Å². The van der Waals surface area contributed by atoms with Gasteiger partial charge in [0.15, 0.2) is 0 Å². The highest BCUT2D eigenvalue weighted by Crippen LogP contribution is 2.48. The number of aromatic nitrogens is 4. The molecular formula is C40H51N7O5S. The van der Waals surface area contributed by atoms with E-state index in [9.17, 15) is 18.3 Å². The fourth-order valence-electron chi connectivity index (χ4n) is 8.24. The van der Waals surface area contributed by atoms with Crippen LogP contribution in [0.1, 0.15) is 104 Å². The van der Waals surface area contributed by atoms with E-state index >= 15 is 0 Å². The Kier molecular flexibility index (Phi) is 9.05. The Morgan fingerprint density at radius 3 is 2.51 bits per heavy atom. The maximum absolute atomic E-state index is 14.5. The zero-order valence-corrected chi connectivity index (χ0v) is 32.3. The Morgan fingerprint density at radius 2 is 1.81 bits per heavy atom. The Morgan fingerprint density at radius 1 is 1.06 bits per heavy atom. The fraction of sp³-hybridized carbons (Fsp3) is 0.550. The third-order valence-electron chi connectivity index (χ3n) is 12.0. The molecule has 2 aliphatic carbocycles. The summed E-state index contributed by atoms with van der Waals surface area (Å²) in [5.74, 6) is -0.649. The second-order valence-corrected chi connectivity index (χ2v) is 18.3. The number of nitrogens with one attached hydrogen (secondary N) is 1. The van der Waals surface area contributed by atoms with Crippen molar-refractivity contribution in [3.8, 4) is 5.88 Å². The third-order valence-corrected chi connectivity index (χ3v) is 13.8. The lowest BCUT2D eigenvalue weighted by molar-refractivity contribution is -0.147. The van der Waals surface area contributed by atoms with Crippen molar-refractivity contribution in [2.75, 3.05) is 38.0 Å². The van der Waals surface area contributed by atoms with E-state index in [1.807, 2.05) is 55.8 Å². The number of ether oxygens (including phenoxy) is 1. The van der Waals surface area contributed by atoms with Gasteiger partial charge in [0.05, 0.1) is 23.5 Å². The summed E-state index contributed by atoms with van der Waals surface area (Å²) in [5, 5.41) is 23.0. The van der Waals surface area contributed by atoms with E-state index in [2.05, 4.69) is 20.5 Å². The molecule has 2 aromatic carbocycles. The van der Waals surface area contributed by atoms with E-state index in [0.29, 0.717) is 11.9 Å². The molecule has 2 aliphatic heterocycles. The van der Waals surface area contributed by atoms with E-state index in [0.717, 1.165) is 96.3 Å². The summed E-state index contributed by atoms with van der Waals surface area (Å²) in [6.07, 6.45) is 7.40. The Labute approximate surface area is 312 Å². The van der Waals surface area contributed by atoms with Gasteiger partial charge in [-0.15, -0.1) is 5.10 Å². The van der Waals surface area contributed by atoms with Gasteiger partial charge in [-0.1, -0.05) is 35.9 Å². The van der Waals surface area contributed by atoms with Crippen molar-refractivity contribution in [3.63, 3.8) is 0 Å². The average molecular weight is 742 g/mol. The highest BCUT2D eigenvalue weighted by molar-refractivity contribution is 7.89. The molecule has 1 saturated heterocycles. The van der Waals surface area contributed by atoms with E-state index in [1.54, 1.807) is 19.9 Å². The molecule has 53 heavy (non-hydrogen) atoms. The smallest absolute Gasteiger partial charge is 0.310 e. The number of nitrogens with zero attached hydrogens (tertiary/aromatic N) is 6. The largest absolute Gasteiger partial charge is 0.481 e. The lowest BCUT2D eigenvalue weighted by Crippen LogP contribution is -2.38. The van der Waals surface area contributed by atoms with E-state index < -0.39 is 32.9 Å². The molecular weight excluding hydrogens is 691 g/mol. The number of sulfonamides is 1. The lowest BCUT2D eigenvalue weighted by Gasteiger charge is -2.33. The molecule has 13 heteroatoms. The Hall–Kier alpha value is -4.07. The average Bonchev–Trinajstić information content (AvgIpc) is 4.06.